The molecular weight excluding hydrogens is 324 g/mol. The van der Waals surface area contributed by atoms with Crippen molar-refractivity contribution in [1.29, 1.82) is 0 Å². The number of imide groups is 1. The maximum atomic E-state index is 12.5. The van der Waals surface area contributed by atoms with Crippen molar-refractivity contribution in [2.75, 3.05) is 6.54 Å². The highest BCUT2D eigenvalue weighted by Gasteiger charge is 2.34. The largest absolute Gasteiger partial charge is 0.361 e. The summed E-state index contributed by atoms with van der Waals surface area (Å²) < 4.78 is 0. The van der Waals surface area contributed by atoms with Crippen molar-refractivity contribution in [3.8, 4) is 0 Å². The van der Waals surface area contributed by atoms with Crippen LogP contribution < -0.4 is 0 Å². The Hall–Kier alpha value is -2.88. The van der Waals surface area contributed by atoms with Crippen molar-refractivity contribution < 1.29 is 9.59 Å². The van der Waals surface area contributed by atoms with E-state index in [1.807, 2.05) is 6.20 Å². The van der Waals surface area contributed by atoms with E-state index in [0.29, 0.717) is 24.1 Å². The Bertz CT molecular complexity index is 989. The van der Waals surface area contributed by atoms with E-state index in [9.17, 15) is 9.59 Å². The van der Waals surface area contributed by atoms with Gasteiger partial charge in [0.1, 0.15) is 0 Å². The first-order chi connectivity index (χ1) is 12.4. The fourth-order valence-corrected chi connectivity index (χ4v) is 3.53. The minimum absolute atomic E-state index is 0.0747. The highest BCUT2D eigenvalue weighted by atomic mass is 16.2. The number of nitrogens with one attached hydrogen (secondary N) is 1. The van der Waals surface area contributed by atoms with Crippen molar-refractivity contribution in [3.63, 3.8) is 0 Å². The van der Waals surface area contributed by atoms with Crippen LogP contribution in [0.1, 0.15) is 52.6 Å². The van der Waals surface area contributed by atoms with E-state index in [-0.39, 0.29) is 17.2 Å². The number of fused-ring (bicyclic) bond motifs is 2. The van der Waals surface area contributed by atoms with Crippen LogP contribution in [0.5, 0.6) is 0 Å². The van der Waals surface area contributed by atoms with E-state index in [1.165, 1.54) is 10.5 Å². The first-order valence-corrected chi connectivity index (χ1v) is 8.92. The molecule has 0 bridgehead atoms. The summed E-state index contributed by atoms with van der Waals surface area (Å²) in [7, 11) is 0. The van der Waals surface area contributed by atoms with Crippen LogP contribution in [0.4, 0.5) is 0 Å². The number of H-pyrrole nitrogens is 1. The zero-order valence-corrected chi connectivity index (χ0v) is 15.3. The molecule has 0 saturated carbocycles. The van der Waals surface area contributed by atoms with Crippen LogP contribution in [-0.2, 0) is 11.8 Å². The summed E-state index contributed by atoms with van der Waals surface area (Å²) >= 11 is 0. The summed E-state index contributed by atoms with van der Waals surface area (Å²) in [5, 5.41) is 1.16. The molecule has 1 N–H and O–H groups in total. The fourth-order valence-electron chi connectivity index (χ4n) is 3.53. The van der Waals surface area contributed by atoms with Gasteiger partial charge in [-0.1, -0.05) is 39.0 Å². The molecule has 0 radical (unpaired) electrons. The summed E-state index contributed by atoms with van der Waals surface area (Å²) in [6, 6.07) is 13.5. The Morgan fingerprint density at radius 1 is 0.962 bits per heavy atom. The van der Waals surface area contributed by atoms with Gasteiger partial charge in [0.05, 0.1) is 11.1 Å². The van der Waals surface area contributed by atoms with E-state index >= 15 is 0 Å². The summed E-state index contributed by atoms with van der Waals surface area (Å²) in [5.41, 5.74) is 4.56. The van der Waals surface area contributed by atoms with Gasteiger partial charge in [-0.15, -0.1) is 0 Å². The summed E-state index contributed by atoms with van der Waals surface area (Å²) in [6.07, 6.45) is 2.62. The molecule has 0 unspecified atom stereocenters. The van der Waals surface area contributed by atoms with Gasteiger partial charge in [0.2, 0.25) is 0 Å². The molecule has 26 heavy (non-hydrogen) atoms. The van der Waals surface area contributed by atoms with Gasteiger partial charge in [-0.3, -0.25) is 14.5 Å². The highest BCUT2D eigenvalue weighted by Crippen LogP contribution is 2.28. The predicted molar refractivity (Wildman–Crippen MR) is 103 cm³/mol. The predicted octanol–water partition coefficient (Wildman–Crippen LogP) is 4.30. The van der Waals surface area contributed by atoms with E-state index in [1.54, 1.807) is 24.3 Å². The number of hydrogen-bond donors (Lipinski definition) is 1. The lowest BCUT2D eigenvalue weighted by molar-refractivity contribution is 0.0656. The second kappa shape index (κ2) is 5.84. The molecule has 2 aromatic carbocycles. The van der Waals surface area contributed by atoms with Crippen LogP contribution in [0.2, 0.25) is 0 Å². The number of aromatic amines is 1. The Morgan fingerprint density at radius 2 is 1.62 bits per heavy atom. The normalized spacial score (nSPS) is 14.3. The lowest BCUT2D eigenvalue weighted by Crippen LogP contribution is -2.31. The lowest BCUT2D eigenvalue weighted by atomic mass is 9.86. The maximum absolute atomic E-state index is 12.5. The number of nitrogens with zero attached hydrogens (tertiary/aromatic N) is 1. The smallest absolute Gasteiger partial charge is 0.261 e. The van der Waals surface area contributed by atoms with E-state index in [0.717, 1.165) is 16.5 Å². The first-order valence-electron chi connectivity index (χ1n) is 8.92. The van der Waals surface area contributed by atoms with Crippen LogP contribution >= 0.6 is 0 Å². The van der Waals surface area contributed by atoms with Gasteiger partial charge in [0.15, 0.2) is 0 Å². The van der Waals surface area contributed by atoms with Crippen LogP contribution in [0.3, 0.4) is 0 Å². The number of carbonyl (C=O) groups excluding carboxylic acids is 2. The molecule has 0 aliphatic carbocycles. The maximum Gasteiger partial charge on any atom is 0.261 e. The van der Waals surface area contributed by atoms with Crippen molar-refractivity contribution in [2.24, 2.45) is 0 Å². The Morgan fingerprint density at radius 3 is 2.23 bits per heavy atom. The molecule has 132 valence electrons. The van der Waals surface area contributed by atoms with Crippen LogP contribution in [0, 0.1) is 0 Å². The molecule has 2 amide bonds. The third-order valence-corrected chi connectivity index (χ3v) is 5.12. The number of aromatic nitrogens is 1. The van der Waals surface area contributed by atoms with E-state index in [2.05, 4.69) is 44.0 Å². The molecule has 0 atom stereocenters. The molecule has 1 aliphatic rings. The Balaban J connectivity index is 1.59. The van der Waals surface area contributed by atoms with Crippen LogP contribution in [0.15, 0.2) is 48.7 Å². The van der Waals surface area contributed by atoms with Gasteiger partial charge in [0.25, 0.3) is 11.8 Å². The number of carbonyl (C=O) groups is 2. The average molecular weight is 346 g/mol. The molecule has 0 saturated heterocycles. The number of rotatable bonds is 3. The molecule has 0 spiro atoms. The van der Waals surface area contributed by atoms with Gasteiger partial charge in [-0.05, 0) is 47.2 Å². The van der Waals surface area contributed by atoms with Crippen LogP contribution in [-0.4, -0.2) is 28.2 Å². The molecule has 1 aromatic heterocycles. The Labute approximate surface area is 152 Å². The van der Waals surface area contributed by atoms with Crippen molar-refractivity contribution in [2.45, 2.75) is 32.6 Å². The molecule has 4 nitrogen and oxygen atoms in total. The quantitative estimate of drug-likeness (QED) is 0.719. The van der Waals surface area contributed by atoms with Gasteiger partial charge >= 0.3 is 0 Å². The zero-order chi connectivity index (χ0) is 18.5. The molecular formula is C22H22N2O2. The van der Waals surface area contributed by atoms with Gasteiger partial charge in [-0.25, -0.2) is 0 Å². The SMILES string of the molecule is CC(C)(C)c1ccc2[nH]cc(CCN3C(=O)c4ccccc4C3=O)c2c1. The molecule has 1 aliphatic heterocycles. The van der Waals surface area contributed by atoms with Crippen LogP contribution in [0.25, 0.3) is 10.9 Å². The molecule has 4 heteroatoms. The lowest BCUT2D eigenvalue weighted by Gasteiger charge is -2.19. The van der Waals surface area contributed by atoms with Crippen molar-refractivity contribution >= 4 is 22.7 Å². The number of benzene rings is 2. The van der Waals surface area contributed by atoms with E-state index < -0.39 is 0 Å². The molecule has 2 heterocycles. The topological polar surface area (TPSA) is 53.2 Å². The first kappa shape index (κ1) is 16.6. The monoisotopic (exact) mass is 346 g/mol. The standard InChI is InChI=1S/C22H22N2O2/c1-22(2,3)15-8-9-19-18(12-15)14(13-23-19)10-11-24-20(25)16-6-4-5-7-17(16)21(24)26/h4-9,12-13,23H,10-11H2,1-3H3. The van der Waals surface area contributed by atoms with E-state index in [4.69, 9.17) is 0 Å². The van der Waals surface area contributed by atoms with Gasteiger partial charge in [-0.2, -0.15) is 0 Å². The summed E-state index contributed by atoms with van der Waals surface area (Å²) in [5.74, 6) is -0.387. The van der Waals surface area contributed by atoms with Gasteiger partial charge in [0, 0.05) is 23.6 Å². The van der Waals surface area contributed by atoms with Gasteiger partial charge < -0.3 is 4.98 Å². The van der Waals surface area contributed by atoms with Crippen molar-refractivity contribution in [3.05, 3.63) is 70.9 Å². The zero-order valence-electron chi connectivity index (χ0n) is 15.3. The summed E-state index contributed by atoms with van der Waals surface area (Å²) in [4.78, 5) is 29.7. The molecule has 4 rings (SSSR count). The minimum Gasteiger partial charge on any atom is -0.361 e. The third-order valence-electron chi connectivity index (χ3n) is 5.12. The summed E-state index contributed by atoms with van der Waals surface area (Å²) in [6.45, 7) is 6.97. The Kier molecular flexibility index (Phi) is 3.72. The van der Waals surface area contributed by atoms with Crippen molar-refractivity contribution in [1.82, 2.24) is 9.88 Å². The third kappa shape index (κ3) is 2.62. The number of hydrogen-bond acceptors (Lipinski definition) is 2. The second-order valence-electron chi connectivity index (χ2n) is 7.88. The molecule has 3 aromatic rings. The minimum atomic E-state index is -0.194. The second-order valence-corrected chi connectivity index (χ2v) is 7.88. The number of amides is 2. The average Bonchev–Trinajstić information content (AvgIpc) is 3.12. The highest BCUT2D eigenvalue weighted by molar-refractivity contribution is 6.21. The fraction of sp³-hybridized carbons (Fsp3) is 0.273. The molecule has 0 fully saturated rings.